The lowest BCUT2D eigenvalue weighted by molar-refractivity contribution is 0.272. The highest BCUT2D eigenvalue weighted by Gasteiger charge is 2.22. The molecule has 7 nitrogen and oxygen atoms in total. The van der Waals surface area contributed by atoms with Gasteiger partial charge in [0.15, 0.2) is 11.0 Å². The molecule has 0 amide bonds. The number of thioether (sulfide) groups is 1. The lowest BCUT2D eigenvalue weighted by Crippen LogP contribution is -2.23. The van der Waals surface area contributed by atoms with Crippen molar-refractivity contribution in [3.63, 3.8) is 0 Å². The van der Waals surface area contributed by atoms with Gasteiger partial charge in [0.05, 0.1) is 18.3 Å². The van der Waals surface area contributed by atoms with E-state index in [0.717, 1.165) is 17.4 Å². The molecule has 0 N–H and O–H groups in total. The number of nitrogens with zero attached hydrogens (tertiary/aromatic N) is 6. The maximum absolute atomic E-state index is 13.2. The molecule has 0 unspecified atom stereocenters. The van der Waals surface area contributed by atoms with Gasteiger partial charge < -0.3 is 9.09 Å². The van der Waals surface area contributed by atoms with Gasteiger partial charge in [-0.3, -0.25) is 4.90 Å². The van der Waals surface area contributed by atoms with E-state index in [4.69, 9.17) is 4.52 Å². The lowest BCUT2D eigenvalue weighted by atomic mass is 10.2. The minimum atomic E-state index is -0.301. The molecule has 0 aliphatic rings. The molecule has 4 aromatic rings. The van der Waals surface area contributed by atoms with Gasteiger partial charge in [0.1, 0.15) is 5.82 Å². The van der Waals surface area contributed by atoms with Crippen LogP contribution in [-0.2, 0) is 12.3 Å². The predicted molar refractivity (Wildman–Crippen MR) is 122 cm³/mol. The number of hydrogen-bond donors (Lipinski definition) is 0. The Morgan fingerprint density at radius 1 is 1.06 bits per heavy atom. The normalized spacial score (nSPS) is 12.4. The van der Waals surface area contributed by atoms with Crippen LogP contribution in [0.15, 0.2) is 64.3 Å². The minimum absolute atomic E-state index is 0.161. The minimum Gasteiger partial charge on any atom is -0.338 e. The lowest BCUT2D eigenvalue weighted by Gasteiger charge is -2.23. The van der Waals surface area contributed by atoms with Crippen molar-refractivity contribution < 1.29 is 8.91 Å². The first-order valence-electron chi connectivity index (χ1n) is 10.4. The summed E-state index contributed by atoms with van der Waals surface area (Å²) in [5, 5.41) is 13.8. The molecule has 4 rings (SSSR count). The van der Waals surface area contributed by atoms with Gasteiger partial charge in [-0.1, -0.05) is 54.2 Å². The third-order valence-corrected chi connectivity index (χ3v) is 6.08. The van der Waals surface area contributed by atoms with E-state index in [1.54, 1.807) is 12.1 Å². The van der Waals surface area contributed by atoms with Crippen molar-refractivity contribution in [2.45, 2.75) is 36.8 Å². The first-order valence-corrected chi connectivity index (χ1v) is 11.4. The van der Waals surface area contributed by atoms with E-state index in [-0.39, 0.29) is 11.9 Å². The zero-order valence-electron chi connectivity index (χ0n) is 18.3. The molecule has 9 heteroatoms. The van der Waals surface area contributed by atoms with E-state index in [2.05, 4.69) is 63.0 Å². The Morgan fingerprint density at radius 3 is 2.50 bits per heavy atom. The van der Waals surface area contributed by atoms with E-state index in [0.29, 0.717) is 29.6 Å². The highest BCUT2D eigenvalue weighted by atomic mass is 32.2. The van der Waals surface area contributed by atoms with Gasteiger partial charge in [-0.25, -0.2) is 4.39 Å². The Labute approximate surface area is 190 Å². The fraction of sp³-hybridized carbons (Fsp3) is 0.304. The Bertz CT molecular complexity index is 1140. The SMILES string of the molecule is CC[C@H](c1nnc(SCc2nc(-c3ccc(F)cc3)no2)n1Cc1ccccc1)N(C)C. The van der Waals surface area contributed by atoms with E-state index in [9.17, 15) is 4.39 Å². The van der Waals surface area contributed by atoms with Gasteiger partial charge in [0.2, 0.25) is 11.7 Å². The Balaban J connectivity index is 1.55. The fourth-order valence-electron chi connectivity index (χ4n) is 3.50. The number of halogens is 1. The second-order valence-electron chi connectivity index (χ2n) is 7.61. The van der Waals surface area contributed by atoms with E-state index >= 15 is 0 Å². The number of rotatable bonds is 9. The van der Waals surface area contributed by atoms with Crippen molar-refractivity contribution >= 4 is 11.8 Å². The molecular formula is C23H25FN6OS. The maximum atomic E-state index is 13.2. The number of aromatic nitrogens is 5. The van der Waals surface area contributed by atoms with Crippen LogP contribution in [-0.4, -0.2) is 43.9 Å². The molecule has 1 atom stereocenters. The summed E-state index contributed by atoms with van der Waals surface area (Å²) < 4.78 is 20.7. The summed E-state index contributed by atoms with van der Waals surface area (Å²) in [6.07, 6.45) is 0.926. The van der Waals surface area contributed by atoms with Crippen LogP contribution >= 0.6 is 11.8 Å². The summed E-state index contributed by atoms with van der Waals surface area (Å²) in [6.45, 7) is 2.83. The van der Waals surface area contributed by atoms with Crippen LogP contribution in [0.1, 0.15) is 36.7 Å². The van der Waals surface area contributed by atoms with Gasteiger partial charge >= 0.3 is 0 Å². The summed E-state index contributed by atoms with van der Waals surface area (Å²) in [6, 6.07) is 16.5. The van der Waals surface area contributed by atoms with Crippen molar-refractivity contribution in [2.24, 2.45) is 0 Å². The molecule has 0 saturated heterocycles. The van der Waals surface area contributed by atoms with Crippen molar-refractivity contribution in [1.29, 1.82) is 0 Å². The molecule has 0 radical (unpaired) electrons. The molecule has 2 aromatic carbocycles. The van der Waals surface area contributed by atoms with Crippen LogP contribution in [0.3, 0.4) is 0 Å². The van der Waals surface area contributed by atoms with Gasteiger partial charge in [0.25, 0.3) is 0 Å². The van der Waals surface area contributed by atoms with Crippen molar-refractivity contribution in [3.05, 3.63) is 77.7 Å². The van der Waals surface area contributed by atoms with Gasteiger partial charge in [-0.05, 0) is 50.3 Å². The zero-order chi connectivity index (χ0) is 22.5. The molecule has 0 aliphatic heterocycles. The third-order valence-electron chi connectivity index (χ3n) is 5.13. The van der Waals surface area contributed by atoms with Crippen molar-refractivity contribution in [2.75, 3.05) is 14.1 Å². The zero-order valence-corrected chi connectivity index (χ0v) is 19.1. The molecule has 0 aliphatic carbocycles. The molecular weight excluding hydrogens is 427 g/mol. The highest BCUT2D eigenvalue weighted by molar-refractivity contribution is 7.98. The third kappa shape index (κ3) is 5.05. The summed E-state index contributed by atoms with van der Waals surface area (Å²) in [4.78, 5) is 6.60. The summed E-state index contributed by atoms with van der Waals surface area (Å²) in [5.74, 6) is 2.00. The number of benzene rings is 2. The Morgan fingerprint density at radius 2 is 1.81 bits per heavy atom. The largest absolute Gasteiger partial charge is 0.338 e. The molecule has 32 heavy (non-hydrogen) atoms. The summed E-state index contributed by atoms with van der Waals surface area (Å²) >= 11 is 1.51. The Hall–Kier alpha value is -3.04. The quantitative estimate of drug-likeness (QED) is 0.337. The van der Waals surface area contributed by atoms with Crippen LogP contribution in [0.25, 0.3) is 11.4 Å². The topological polar surface area (TPSA) is 72.9 Å². The van der Waals surface area contributed by atoms with Gasteiger partial charge in [-0.15, -0.1) is 10.2 Å². The Kier molecular flexibility index (Phi) is 6.96. The van der Waals surface area contributed by atoms with Crippen LogP contribution < -0.4 is 0 Å². The molecule has 2 aromatic heterocycles. The molecule has 0 saturated carbocycles. The molecule has 166 valence electrons. The van der Waals surface area contributed by atoms with Gasteiger partial charge in [0, 0.05) is 5.56 Å². The van der Waals surface area contributed by atoms with Crippen LogP contribution in [0.4, 0.5) is 4.39 Å². The first kappa shape index (κ1) is 22.2. The average Bonchev–Trinajstić information content (AvgIpc) is 3.42. The average molecular weight is 453 g/mol. The first-order chi connectivity index (χ1) is 15.5. The second kappa shape index (κ2) is 10.1. The van der Waals surface area contributed by atoms with Gasteiger partial charge in [-0.2, -0.15) is 4.98 Å². The predicted octanol–water partition coefficient (Wildman–Crippen LogP) is 4.82. The standard InChI is InChI=1S/C23H25FN6OS/c1-4-19(29(2)3)22-26-27-23(30(22)14-16-8-6-5-7-9-16)32-15-20-25-21(28-31-20)17-10-12-18(24)13-11-17/h5-13,19H,4,14-15H2,1-3H3/t19-/m1/s1. The smallest absolute Gasteiger partial charge is 0.237 e. The summed E-state index contributed by atoms with van der Waals surface area (Å²) in [7, 11) is 4.11. The van der Waals surface area contributed by atoms with Crippen molar-refractivity contribution in [3.8, 4) is 11.4 Å². The molecule has 0 bridgehead atoms. The van der Waals surface area contributed by atoms with Crippen LogP contribution in [0.2, 0.25) is 0 Å². The molecule has 0 fully saturated rings. The highest BCUT2D eigenvalue weighted by Crippen LogP contribution is 2.28. The van der Waals surface area contributed by atoms with Crippen LogP contribution in [0, 0.1) is 5.82 Å². The molecule has 0 spiro atoms. The van der Waals surface area contributed by atoms with Crippen molar-refractivity contribution in [1.82, 2.24) is 29.8 Å². The number of hydrogen-bond acceptors (Lipinski definition) is 7. The second-order valence-corrected chi connectivity index (χ2v) is 8.55. The molecule has 2 heterocycles. The monoisotopic (exact) mass is 452 g/mol. The van der Waals surface area contributed by atoms with E-state index in [1.165, 1.54) is 29.5 Å². The summed E-state index contributed by atoms with van der Waals surface area (Å²) in [5.41, 5.74) is 1.89. The van der Waals surface area contributed by atoms with E-state index in [1.807, 2.05) is 18.2 Å². The van der Waals surface area contributed by atoms with Crippen LogP contribution in [0.5, 0.6) is 0 Å². The maximum Gasteiger partial charge on any atom is 0.237 e. The fourth-order valence-corrected chi connectivity index (χ4v) is 4.28. The van der Waals surface area contributed by atoms with E-state index < -0.39 is 0 Å².